The molecule has 2 N–H and O–H groups in total. The third kappa shape index (κ3) is 2.32. The van der Waals surface area contributed by atoms with E-state index in [0.717, 1.165) is 56.9 Å². The van der Waals surface area contributed by atoms with Gasteiger partial charge in [-0.15, -0.1) is 0 Å². The first-order chi connectivity index (χ1) is 12.8. The van der Waals surface area contributed by atoms with Gasteiger partial charge in [0.2, 0.25) is 0 Å². The van der Waals surface area contributed by atoms with Gasteiger partial charge in [0.15, 0.2) is 0 Å². The number of carbonyl (C=O) groups excluding carboxylic acids is 1. The van der Waals surface area contributed by atoms with Gasteiger partial charge in [0.05, 0.1) is 11.7 Å². The van der Waals surface area contributed by atoms with Gasteiger partial charge in [-0.05, 0) is 92.4 Å². The second kappa shape index (κ2) is 5.82. The Morgan fingerprint density at radius 1 is 1.04 bits per heavy atom. The average Bonchev–Trinajstić information content (AvgIpc) is 3.16. The Hall–Kier alpha value is -0.870. The first-order valence-corrected chi connectivity index (χ1v) is 11.1. The molecule has 1 aliphatic heterocycles. The van der Waals surface area contributed by atoms with E-state index in [0.29, 0.717) is 24.4 Å². The van der Waals surface area contributed by atoms with Crippen molar-refractivity contribution in [2.75, 3.05) is 6.61 Å². The van der Waals surface area contributed by atoms with Crippen molar-refractivity contribution in [3.05, 3.63) is 11.6 Å². The van der Waals surface area contributed by atoms with Crippen molar-refractivity contribution in [1.29, 1.82) is 0 Å². The molecule has 4 fully saturated rings. The van der Waals surface area contributed by atoms with Gasteiger partial charge in [0, 0.05) is 11.5 Å². The first-order valence-electron chi connectivity index (χ1n) is 11.1. The standard InChI is InChI=1S/C23H34O4/c1-21-8-5-16(24)12-15(21)3-4-19-18(21)6-9-22(2)17(7-10-23(19,22)26)14-11-20(25)27-13-14/h11,15-19,24,26H,3-10,12-13H2,1-2H3/t15-,16+,17+,18?,19?,21+,22-,23+/m1/s1. The second-order valence-corrected chi connectivity index (χ2v) is 10.7. The lowest BCUT2D eigenvalue weighted by Crippen LogP contribution is -2.62. The molecular weight excluding hydrogens is 340 g/mol. The van der Waals surface area contributed by atoms with Crippen LogP contribution in [-0.2, 0) is 9.53 Å². The number of rotatable bonds is 1. The average molecular weight is 375 g/mol. The Labute approximate surface area is 162 Å². The van der Waals surface area contributed by atoms with Crippen molar-refractivity contribution < 1.29 is 19.7 Å². The summed E-state index contributed by atoms with van der Waals surface area (Å²) in [5.41, 5.74) is 0.600. The smallest absolute Gasteiger partial charge is 0.331 e. The molecule has 0 radical (unpaired) electrons. The molecule has 4 saturated carbocycles. The van der Waals surface area contributed by atoms with Gasteiger partial charge in [-0.3, -0.25) is 0 Å². The van der Waals surface area contributed by atoms with E-state index in [2.05, 4.69) is 13.8 Å². The third-order valence-corrected chi connectivity index (χ3v) is 9.96. The van der Waals surface area contributed by atoms with Crippen molar-refractivity contribution >= 4 is 5.97 Å². The Morgan fingerprint density at radius 2 is 1.85 bits per heavy atom. The minimum absolute atomic E-state index is 0.126. The number of hydrogen-bond donors (Lipinski definition) is 2. The monoisotopic (exact) mass is 374 g/mol. The molecule has 5 rings (SSSR count). The number of cyclic esters (lactones) is 1. The number of ether oxygens (including phenoxy) is 1. The topological polar surface area (TPSA) is 66.8 Å². The highest BCUT2D eigenvalue weighted by Gasteiger charge is 2.67. The highest BCUT2D eigenvalue weighted by atomic mass is 16.5. The molecule has 0 bridgehead atoms. The molecule has 0 amide bonds. The fourth-order valence-corrected chi connectivity index (χ4v) is 8.39. The number of fused-ring (bicyclic) bond motifs is 5. The minimum Gasteiger partial charge on any atom is -0.458 e. The highest BCUT2D eigenvalue weighted by Crippen LogP contribution is 2.69. The zero-order valence-electron chi connectivity index (χ0n) is 16.7. The lowest BCUT2D eigenvalue weighted by atomic mass is 9.43. The molecule has 2 unspecified atom stereocenters. The molecule has 5 aliphatic rings. The van der Waals surface area contributed by atoms with Crippen LogP contribution < -0.4 is 0 Å². The van der Waals surface area contributed by atoms with Crippen LogP contribution in [0.25, 0.3) is 0 Å². The summed E-state index contributed by atoms with van der Waals surface area (Å²) in [4.78, 5) is 11.6. The van der Waals surface area contributed by atoms with Crippen LogP contribution in [0.15, 0.2) is 11.6 Å². The van der Waals surface area contributed by atoms with E-state index in [-0.39, 0.29) is 28.8 Å². The van der Waals surface area contributed by atoms with Gasteiger partial charge in [-0.1, -0.05) is 13.8 Å². The maximum atomic E-state index is 12.1. The van der Waals surface area contributed by atoms with Crippen LogP contribution in [0.4, 0.5) is 0 Å². The molecule has 27 heavy (non-hydrogen) atoms. The predicted octanol–water partition coefficient (Wildman–Crippen LogP) is 3.60. The molecule has 0 saturated heterocycles. The van der Waals surface area contributed by atoms with Crippen LogP contribution >= 0.6 is 0 Å². The Kier molecular flexibility index (Phi) is 3.92. The summed E-state index contributed by atoms with van der Waals surface area (Å²) in [6.45, 7) is 5.15. The molecular formula is C23H34O4. The predicted molar refractivity (Wildman–Crippen MR) is 102 cm³/mol. The Balaban J connectivity index is 1.47. The lowest BCUT2D eigenvalue weighted by Gasteiger charge is -2.63. The lowest BCUT2D eigenvalue weighted by molar-refractivity contribution is -0.208. The summed E-state index contributed by atoms with van der Waals surface area (Å²) in [6, 6.07) is 0. The summed E-state index contributed by atoms with van der Waals surface area (Å²) in [7, 11) is 0. The molecule has 4 heteroatoms. The normalized spacial score (nSPS) is 54.6. The molecule has 1 heterocycles. The van der Waals surface area contributed by atoms with Gasteiger partial charge < -0.3 is 14.9 Å². The molecule has 150 valence electrons. The summed E-state index contributed by atoms with van der Waals surface area (Å²) in [5, 5.41) is 22.3. The van der Waals surface area contributed by atoms with E-state index in [1.54, 1.807) is 6.08 Å². The van der Waals surface area contributed by atoms with Crippen molar-refractivity contribution in [3.63, 3.8) is 0 Å². The molecule has 4 nitrogen and oxygen atoms in total. The molecule has 0 spiro atoms. The zero-order chi connectivity index (χ0) is 19.0. The molecule has 4 aliphatic carbocycles. The van der Waals surface area contributed by atoms with Crippen molar-refractivity contribution in [1.82, 2.24) is 0 Å². The number of aliphatic hydroxyl groups excluding tert-OH is 1. The van der Waals surface area contributed by atoms with Crippen molar-refractivity contribution in [2.45, 2.75) is 83.3 Å². The molecule has 8 atom stereocenters. The highest BCUT2D eigenvalue weighted by molar-refractivity contribution is 5.85. The van der Waals surface area contributed by atoms with Crippen molar-refractivity contribution in [3.8, 4) is 0 Å². The van der Waals surface area contributed by atoms with Gasteiger partial charge in [0.1, 0.15) is 6.61 Å². The fourth-order valence-electron chi connectivity index (χ4n) is 8.39. The second-order valence-electron chi connectivity index (χ2n) is 10.7. The van der Waals surface area contributed by atoms with Crippen LogP contribution in [-0.4, -0.2) is 34.5 Å². The molecule has 0 aromatic carbocycles. The summed E-state index contributed by atoms with van der Waals surface area (Å²) < 4.78 is 5.20. The van der Waals surface area contributed by atoms with E-state index >= 15 is 0 Å². The fraction of sp³-hybridized carbons (Fsp3) is 0.870. The van der Waals surface area contributed by atoms with Crippen molar-refractivity contribution in [2.24, 2.45) is 34.5 Å². The maximum absolute atomic E-state index is 12.1. The first kappa shape index (κ1) is 18.2. The van der Waals surface area contributed by atoms with Crippen LogP contribution in [0, 0.1) is 34.5 Å². The largest absolute Gasteiger partial charge is 0.458 e. The van der Waals surface area contributed by atoms with E-state index in [9.17, 15) is 15.0 Å². The third-order valence-electron chi connectivity index (χ3n) is 9.96. The number of esters is 1. The summed E-state index contributed by atoms with van der Waals surface area (Å²) >= 11 is 0. The van der Waals surface area contributed by atoms with Gasteiger partial charge in [-0.2, -0.15) is 0 Å². The Morgan fingerprint density at radius 3 is 2.59 bits per heavy atom. The van der Waals surface area contributed by atoms with E-state index in [1.165, 1.54) is 6.42 Å². The van der Waals surface area contributed by atoms with Crippen LogP contribution in [0.1, 0.15) is 71.6 Å². The molecule has 0 aromatic heterocycles. The number of carbonyl (C=O) groups is 1. The minimum atomic E-state index is -0.628. The molecule has 0 aromatic rings. The van der Waals surface area contributed by atoms with Gasteiger partial charge in [-0.25, -0.2) is 4.79 Å². The van der Waals surface area contributed by atoms with E-state index in [4.69, 9.17) is 4.74 Å². The van der Waals surface area contributed by atoms with Gasteiger partial charge >= 0.3 is 5.97 Å². The number of hydrogen-bond acceptors (Lipinski definition) is 4. The van der Waals surface area contributed by atoms with Gasteiger partial charge in [0.25, 0.3) is 0 Å². The van der Waals surface area contributed by atoms with E-state index in [1.807, 2.05) is 0 Å². The summed E-state index contributed by atoms with van der Waals surface area (Å²) in [5.74, 6) is 1.59. The summed E-state index contributed by atoms with van der Waals surface area (Å²) in [6.07, 6.45) is 10.8. The van der Waals surface area contributed by atoms with Crippen LogP contribution in [0.3, 0.4) is 0 Å². The quantitative estimate of drug-likeness (QED) is 0.688. The van der Waals surface area contributed by atoms with Crippen LogP contribution in [0.2, 0.25) is 0 Å². The maximum Gasteiger partial charge on any atom is 0.331 e. The zero-order valence-corrected chi connectivity index (χ0v) is 16.7. The number of aliphatic hydroxyl groups is 2. The van der Waals surface area contributed by atoms with Crippen LogP contribution in [0.5, 0.6) is 0 Å². The van der Waals surface area contributed by atoms with E-state index < -0.39 is 5.60 Å². The SMILES string of the molecule is C[C@]12CC[C@H](O)C[C@H]1CCC1C2CC[C@]2(C)[C@H](C3=CC(=O)OC3)CC[C@]12O. The Bertz CT molecular complexity index is 686.